The summed E-state index contributed by atoms with van der Waals surface area (Å²) in [5, 5.41) is 23.3. The number of amides is 1. The highest BCUT2D eigenvalue weighted by molar-refractivity contribution is 7.61. The number of nitrogens with one attached hydrogen (secondary N) is 1. The number of carbonyl (C=O) groups excluding carboxylic acids is 1. The maximum Gasteiger partial charge on any atom is 0.483 e. The van der Waals surface area contributed by atoms with E-state index >= 15 is 0 Å². The number of rotatable bonds is 9. The molecule has 0 bridgehead atoms. The van der Waals surface area contributed by atoms with Gasteiger partial charge in [0.1, 0.15) is 24.3 Å². The molecule has 0 radical (unpaired) electrons. The molecule has 9 atom stereocenters. The molecule has 36 heavy (non-hydrogen) atoms. The third kappa shape index (κ3) is 7.22. The lowest BCUT2D eigenvalue weighted by Gasteiger charge is -2.40. The third-order valence-electron chi connectivity index (χ3n) is 5.90. The first-order chi connectivity index (χ1) is 16.6. The summed E-state index contributed by atoms with van der Waals surface area (Å²) in [6.45, 7) is 6.29. The van der Waals surface area contributed by atoms with E-state index in [0.29, 0.717) is 12.0 Å². The van der Waals surface area contributed by atoms with E-state index in [1.165, 1.54) is 11.1 Å². The summed E-state index contributed by atoms with van der Waals surface area (Å²) >= 11 is 0. The van der Waals surface area contributed by atoms with Crippen LogP contribution in [0, 0.1) is 0 Å². The van der Waals surface area contributed by atoms with Gasteiger partial charge in [0.05, 0.1) is 18.8 Å². The van der Waals surface area contributed by atoms with Crippen molar-refractivity contribution in [2.24, 2.45) is 0 Å². The normalized spacial score (nSPS) is 36.9. The molecule has 1 amide bonds. The number of nitrogens with zero attached hydrogens (tertiary/aromatic N) is 2. The Morgan fingerprint density at radius 1 is 1.22 bits per heavy atom. The molecule has 206 valence electrons. The molecule has 0 spiro atoms. The van der Waals surface area contributed by atoms with Gasteiger partial charge < -0.3 is 44.6 Å². The lowest BCUT2D eigenvalue weighted by molar-refractivity contribution is -0.222. The first-order valence-electron chi connectivity index (χ1n) is 11.1. The fraction of sp³-hybridized carbons (Fsp3) is 0.737. The molecule has 5 unspecified atom stereocenters. The fourth-order valence-electron chi connectivity index (χ4n) is 4.03. The Hall–Kier alpha value is -1.19. The zero-order chi connectivity index (χ0) is 27.0. The van der Waals surface area contributed by atoms with E-state index in [9.17, 15) is 33.9 Å². The zero-order valence-electron chi connectivity index (χ0n) is 20.3. The summed E-state index contributed by atoms with van der Waals surface area (Å²) in [5.41, 5.74) is 0.380. The molecule has 0 aromatic rings. The maximum absolute atomic E-state index is 12.4. The van der Waals surface area contributed by atoms with Gasteiger partial charge in [-0.2, -0.15) is 4.31 Å². The van der Waals surface area contributed by atoms with Crippen molar-refractivity contribution in [3.05, 3.63) is 24.2 Å². The first kappa shape index (κ1) is 29.4. The van der Waals surface area contributed by atoms with Gasteiger partial charge in [-0.1, -0.05) is 6.58 Å². The minimum atomic E-state index is -5.25. The van der Waals surface area contributed by atoms with E-state index in [1.54, 1.807) is 32.8 Å². The Kier molecular flexibility index (Phi) is 9.20. The molecule has 3 aliphatic rings. The number of likely N-dealkylation sites (N-methyl/N-ethyl adjacent to an activating group) is 1. The van der Waals surface area contributed by atoms with Gasteiger partial charge in [-0.3, -0.25) is 13.8 Å². The number of phosphoric ester groups is 2. The maximum atomic E-state index is 12.4. The van der Waals surface area contributed by atoms with Crippen molar-refractivity contribution < 1.29 is 56.8 Å². The second-order valence-corrected chi connectivity index (χ2v) is 12.0. The molecule has 0 aromatic carbocycles. The van der Waals surface area contributed by atoms with Crippen LogP contribution in [0.5, 0.6) is 0 Å². The van der Waals surface area contributed by atoms with Crippen molar-refractivity contribution in [1.82, 2.24) is 15.1 Å². The van der Waals surface area contributed by atoms with Crippen LogP contribution >= 0.6 is 15.6 Å². The number of ether oxygens (including phenoxy) is 2. The number of aliphatic hydroxyl groups excluding tert-OH is 2. The van der Waals surface area contributed by atoms with E-state index in [1.807, 2.05) is 0 Å². The smallest absolute Gasteiger partial charge is 0.390 e. The fourth-order valence-corrected chi connectivity index (χ4v) is 6.19. The van der Waals surface area contributed by atoms with Crippen LogP contribution in [-0.4, -0.2) is 99.4 Å². The van der Waals surface area contributed by atoms with Crippen molar-refractivity contribution in [3.8, 4) is 0 Å². The van der Waals surface area contributed by atoms with Crippen LogP contribution in [0.2, 0.25) is 0 Å². The summed E-state index contributed by atoms with van der Waals surface area (Å²) in [4.78, 5) is 34.9. The van der Waals surface area contributed by atoms with E-state index in [2.05, 4.69) is 16.2 Å². The molecule has 15 nitrogen and oxygen atoms in total. The van der Waals surface area contributed by atoms with Crippen LogP contribution in [0.3, 0.4) is 0 Å². The van der Waals surface area contributed by atoms with Crippen molar-refractivity contribution in [2.75, 3.05) is 20.7 Å². The van der Waals surface area contributed by atoms with Crippen LogP contribution in [-0.2, 0) is 36.8 Å². The van der Waals surface area contributed by atoms with Gasteiger partial charge in [0.15, 0.2) is 6.29 Å². The van der Waals surface area contributed by atoms with Crippen LogP contribution in [0.15, 0.2) is 24.2 Å². The molecule has 17 heteroatoms. The van der Waals surface area contributed by atoms with Gasteiger partial charge in [-0.25, -0.2) is 9.13 Å². The molecular weight excluding hydrogens is 524 g/mol. The highest BCUT2D eigenvalue weighted by Gasteiger charge is 2.46. The average molecular weight is 557 g/mol. The van der Waals surface area contributed by atoms with Crippen molar-refractivity contribution in [2.45, 2.75) is 69.7 Å². The minimum absolute atomic E-state index is 0.0486. The van der Waals surface area contributed by atoms with Gasteiger partial charge in [0.2, 0.25) is 0 Å². The molecule has 3 heterocycles. The topological polar surface area (TPSA) is 197 Å². The second-order valence-electron chi connectivity index (χ2n) is 9.04. The van der Waals surface area contributed by atoms with E-state index in [4.69, 9.17) is 18.5 Å². The highest BCUT2D eigenvalue weighted by Crippen LogP contribution is 2.61. The standard InChI is InChI=1S/C19H33N3O12P2/c1-10-8-22(12(3)20-18(10)25)16-7-14(23)15(32-16)9-30-35(26,27)34-36(28,29)33-19-17(24)13(21(4)5)6-11(2)31-19/h8,11,13-17,19,23-24H,3,6-7,9H2,1-2,4-5H3,(H,20,25)(H,26,27)(H,28,29)/t11?,13-,14?,15+,16+,17?,19+/m0/s1. The lowest BCUT2D eigenvalue weighted by atomic mass is 9.99. The Balaban J connectivity index is 1.56. The molecule has 2 fully saturated rings. The zero-order valence-corrected chi connectivity index (χ0v) is 22.1. The molecule has 0 aromatic heterocycles. The second kappa shape index (κ2) is 11.3. The van der Waals surface area contributed by atoms with Gasteiger partial charge in [0, 0.05) is 24.2 Å². The molecule has 5 N–H and O–H groups in total. The Morgan fingerprint density at radius 3 is 2.53 bits per heavy atom. The third-order valence-corrected chi connectivity index (χ3v) is 8.50. The summed E-state index contributed by atoms with van der Waals surface area (Å²) in [7, 11) is -7.03. The molecule has 2 saturated heterocycles. The molecule has 0 saturated carbocycles. The SMILES string of the molecule is C=C1NC(=O)C(C)=CN1[C@H]1CC(O)[C@@H](COP(=O)(O)OP(=O)(O)O[C@H]2OC(C)C[C@H](N(C)C)C2O)O1. The number of hydrogen-bond acceptors (Lipinski definition) is 12. The predicted octanol–water partition coefficient (Wildman–Crippen LogP) is -0.0543. The molecule has 0 aliphatic carbocycles. The Bertz CT molecular complexity index is 977. The minimum Gasteiger partial charge on any atom is -0.390 e. The number of aliphatic hydroxyl groups is 2. The Morgan fingerprint density at radius 2 is 1.89 bits per heavy atom. The van der Waals surface area contributed by atoms with Crippen LogP contribution in [0.25, 0.3) is 0 Å². The van der Waals surface area contributed by atoms with Gasteiger partial charge in [0.25, 0.3) is 5.91 Å². The Labute approximate surface area is 208 Å². The van der Waals surface area contributed by atoms with Gasteiger partial charge in [-0.15, -0.1) is 0 Å². The van der Waals surface area contributed by atoms with Crippen LogP contribution < -0.4 is 5.32 Å². The van der Waals surface area contributed by atoms with Crippen molar-refractivity contribution in [3.63, 3.8) is 0 Å². The van der Waals surface area contributed by atoms with E-state index in [-0.39, 0.29) is 18.1 Å². The van der Waals surface area contributed by atoms with E-state index < -0.39 is 65.2 Å². The highest BCUT2D eigenvalue weighted by atomic mass is 31.3. The number of phosphoric acid groups is 2. The van der Waals surface area contributed by atoms with Crippen LogP contribution in [0.1, 0.15) is 26.7 Å². The monoisotopic (exact) mass is 557 g/mol. The van der Waals surface area contributed by atoms with Gasteiger partial charge in [-0.05, 0) is 34.4 Å². The summed E-state index contributed by atoms with van der Waals surface area (Å²) in [6, 6.07) is -0.465. The molecule has 3 aliphatic heterocycles. The number of hydrogen-bond donors (Lipinski definition) is 5. The van der Waals surface area contributed by atoms with Crippen molar-refractivity contribution >= 4 is 21.6 Å². The predicted molar refractivity (Wildman–Crippen MR) is 122 cm³/mol. The largest absolute Gasteiger partial charge is 0.483 e. The number of carbonyl (C=O) groups is 1. The summed E-state index contributed by atoms with van der Waals surface area (Å²) < 4.78 is 49.7. The lowest BCUT2D eigenvalue weighted by Crippen LogP contribution is -2.53. The van der Waals surface area contributed by atoms with Crippen molar-refractivity contribution in [1.29, 1.82) is 0 Å². The summed E-state index contributed by atoms with van der Waals surface area (Å²) in [6.07, 6.45) is -4.44. The van der Waals surface area contributed by atoms with E-state index in [0.717, 1.165) is 0 Å². The quantitative estimate of drug-likeness (QED) is 0.237. The summed E-state index contributed by atoms with van der Waals surface area (Å²) in [5.74, 6) is -0.113. The first-order valence-corrected chi connectivity index (χ1v) is 14.1. The van der Waals surface area contributed by atoms with Gasteiger partial charge >= 0.3 is 15.6 Å². The average Bonchev–Trinajstić information content (AvgIpc) is 3.10. The van der Waals surface area contributed by atoms with Crippen LogP contribution in [0.4, 0.5) is 0 Å². The molecule has 3 rings (SSSR count). The molecular formula is C19H33N3O12P2.